The third-order valence-electron chi connectivity index (χ3n) is 3.77. The first-order valence-electron chi connectivity index (χ1n) is 9.22. The van der Waals surface area contributed by atoms with Crippen LogP contribution in [0.25, 0.3) is 0 Å². The second kappa shape index (κ2) is 9.25. The number of nitrogens with zero attached hydrogens (tertiary/aromatic N) is 2. The summed E-state index contributed by atoms with van der Waals surface area (Å²) in [6, 6.07) is 10.3. The van der Waals surface area contributed by atoms with E-state index >= 15 is 0 Å². The fourth-order valence-electron chi connectivity index (χ4n) is 2.43. The maximum absolute atomic E-state index is 12.4. The van der Waals surface area contributed by atoms with E-state index in [-0.39, 0.29) is 23.7 Å². The van der Waals surface area contributed by atoms with Crippen LogP contribution in [0.2, 0.25) is 0 Å². The number of nitro benzene ring substituents is 1. The molecule has 2 aromatic rings. The van der Waals surface area contributed by atoms with Crippen LogP contribution in [-0.4, -0.2) is 36.2 Å². The second-order valence-electron chi connectivity index (χ2n) is 7.29. The second-order valence-corrected chi connectivity index (χ2v) is 7.29. The molecule has 0 saturated carbocycles. The highest BCUT2D eigenvalue weighted by atomic mass is 16.6. The van der Waals surface area contributed by atoms with Gasteiger partial charge in [-0.2, -0.15) is 0 Å². The number of benzene rings is 2. The number of hydrogen-bond donors (Lipinski definition) is 0. The van der Waals surface area contributed by atoms with Gasteiger partial charge < -0.3 is 14.2 Å². The summed E-state index contributed by atoms with van der Waals surface area (Å²) in [5.74, 6) is 0.235. The Kier molecular flexibility index (Phi) is 6.99. The number of carbonyl (C=O) groups is 2. The summed E-state index contributed by atoms with van der Waals surface area (Å²) in [5, 5.41) is 11.4. The van der Waals surface area contributed by atoms with Gasteiger partial charge in [0.2, 0.25) is 0 Å². The molecule has 0 N–H and O–H groups in total. The van der Waals surface area contributed by atoms with Crippen LogP contribution in [0.3, 0.4) is 0 Å². The van der Waals surface area contributed by atoms with Crippen molar-refractivity contribution in [2.45, 2.75) is 33.3 Å². The minimum absolute atomic E-state index is 0.0230. The van der Waals surface area contributed by atoms with Gasteiger partial charge in [-0.05, 0) is 58.0 Å². The zero-order valence-corrected chi connectivity index (χ0v) is 17.5. The maximum Gasteiger partial charge on any atom is 0.414 e. The van der Waals surface area contributed by atoms with Gasteiger partial charge in [-0.15, -0.1) is 0 Å². The third kappa shape index (κ3) is 5.94. The first-order valence-corrected chi connectivity index (χ1v) is 9.22. The number of ether oxygens (including phenoxy) is 3. The monoisotopic (exact) mass is 416 g/mol. The van der Waals surface area contributed by atoms with E-state index < -0.39 is 22.6 Å². The van der Waals surface area contributed by atoms with E-state index in [9.17, 15) is 19.7 Å². The van der Waals surface area contributed by atoms with E-state index in [0.717, 1.165) is 4.90 Å². The van der Waals surface area contributed by atoms with Crippen molar-refractivity contribution in [3.05, 3.63) is 58.1 Å². The van der Waals surface area contributed by atoms with Crippen molar-refractivity contribution in [1.29, 1.82) is 0 Å². The van der Waals surface area contributed by atoms with Crippen molar-refractivity contribution in [3.63, 3.8) is 0 Å². The molecular formula is C21H24N2O7. The molecule has 2 rings (SSSR count). The summed E-state index contributed by atoms with van der Waals surface area (Å²) in [5.41, 5.74) is -0.629. The normalized spacial score (nSPS) is 10.8. The van der Waals surface area contributed by atoms with Crippen LogP contribution in [0.5, 0.6) is 11.5 Å². The van der Waals surface area contributed by atoms with E-state index in [1.165, 1.54) is 25.2 Å². The number of carbonyl (C=O) groups excluding carboxylic acids is 2. The van der Waals surface area contributed by atoms with Gasteiger partial charge >= 0.3 is 12.1 Å². The molecule has 30 heavy (non-hydrogen) atoms. The Labute approximate surface area is 174 Å². The Hall–Kier alpha value is -3.62. The van der Waals surface area contributed by atoms with Crippen molar-refractivity contribution < 1.29 is 28.7 Å². The van der Waals surface area contributed by atoms with Crippen LogP contribution >= 0.6 is 0 Å². The number of esters is 1. The lowest BCUT2D eigenvalue weighted by Gasteiger charge is -2.24. The molecule has 0 radical (unpaired) electrons. The van der Waals surface area contributed by atoms with Crippen LogP contribution in [0.15, 0.2) is 42.5 Å². The molecule has 0 aromatic heterocycles. The Balaban J connectivity index is 2.28. The van der Waals surface area contributed by atoms with Crippen molar-refractivity contribution in [1.82, 2.24) is 0 Å². The van der Waals surface area contributed by atoms with Gasteiger partial charge in [0.1, 0.15) is 22.8 Å². The van der Waals surface area contributed by atoms with Crippen LogP contribution in [0.4, 0.5) is 16.2 Å². The molecule has 9 nitrogen and oxygen atoms in total. The molecule has 0 unspecified atom stereocenters. The highest BCUT2D eigenvalue weighted by Crippen LogP contribution is 2.34. The lowest BCUT2D eigenvalue weighted by molar-refractivity contribution is -0.384. The Morgan fingerprint density at radius 2 is 1.67 bits per heavy atom. The molecule has 0 aliphatic carbocycles. The lowest BCUT2D eigenvalue weighted by Crippen LogP contribution is -2.34. The maximum atomic E-state index is 12.4. The molecule has 1 amide bonds. The molecule has 160 valence electrons. The smallest absolute Gasteiger partial charge is 0.414 e. The van der Waals surface area contributed by atoms with Crippen LogP contribution in [0, 0.1) is 10.1 Å². The number of anilines is 1. The van der Waals surface area contributed by atoms with E-state index in [1.807, 2.05) is 0 Å². The largest absolute Gasteiger partial charge is 0.462 e. The molecule has 0 bridgehead atoms. The average molecular weight is 416 g/mol. The number of hydrogen-bond acceptors (Lipinski definition) is 7. The molecule has 0 heterocycles. The van der Waals surface area contributed by atoms with Gasteiger partial charge in [0.15, 0.2) is 0 Å². The summed E-state index contributed by atoms with van der Waals surface area (Å²) in [4.78, 5) is 35.9. The Bertz CT molecular complexity index is 933. The summed E-state index contributed by atoms with van der Waals surface area (Å²) >= 11 is 0. The standard InChI is InChI=1S/C21H24N2O7/c1-6-28-19(24)14-7-9-15(10-8-14)29-16-11-12-17(23(26)27)18(13-16)22(5)20(25)30-21(2,3)4/h7-13H,6H2,1-5H3. The average Bonchev–Trinajstić information content (AvgIpc) is 2.66. The van der Waals surface area contributed by atoms with Crippen LogP contribution < -0.4 is 9.64 Å². The SMILES string of the molecule is CCOC(=O)c1ccc(Oc2ccc([N+](=O)[O-])c(N(C)C(=O)OC(C)(C)C)c2)cc1. The summed E-state index contributed by atoms with van der Waals surface area (Å²) in [6.45, 7) is 7.09. The van der Waals surface area contributed by atoms with E-state index in [4.69, 9.17) is 14.2 Å². The molecule has 0 saturated heterocycles. The Morgan fingerprint density at radius 3 is 2.20 bits per heavy atom. The summed E-state index contributed by atoms with van der Waals surface area (Å²) in [6.07, 6.45) is -0.735. The summed E-state index contributed by atoms with van der Waals surface area (Å²) < 4.78 is 15.9. The predicted molar refractivity (Wildman–Crippen MR) is 110 cm³/mol. The number of nitro groups is 1. The minimum atomic E-state index is -0.755. The number of amides is 1. The van der Waals surface area contributed by atoms with Crippen LogP contribution in [0.1, 0.15) is 38.1 Å². The molecule has 0 aliphatic rings. The number of rotatable bonds is 6. The highest BCUT2D eigenvalue weighted by Gasteiger charge is 2.26. The summed E-state index contributed by atoms with van der Waals surface area (Å²) in [7, 11) is 1.38. The van der Waals surface area contributed by atoms with Gasteiger partial charge in [0.25, 0.3) is 5.69 Å². The zero-order valence-electron chi connectivity index (χ0n) is 17.5. The van der Waals surface area contributed by atoms with Crippen molar-refractivity contribution in [2.24, 2.45) is 0 Å². The van der Waals surface area contributed by atoms with E-state index in [2.05, 4.69) is 0 Å². The third-order valence-corrected chi connectivity index (χ3v) is 3.77. The lowest BCUT2D eigenvalue weighted by atomic mass is 10.2. The molecule has 0 aliphatic heterocycles. The van der Waals surface area contributed by atoms with Gasteiger partial charge in [0.05, 0.1) is 17.1 Å². The first-order chi connectivity index (χ1) is 14.0. The van der Waals surface area contributed by atoms with Crippen molar-refractivity contribution in [3.8, 4) is 11.5 Å². The zero-order chi connectivity index (χ0) is 22.5. The van der Waals surface area contributed by atoms with Gasteiger partial charge in [0, 0.05) is 19.2 Å². The molecule has 0 spiro atoms. The molecule has 0 atom stereocenters. The van der Waals surface area contributed by atoms with E-state index in [0.29, 0.717) is 11.3 Å². The fraction of sp³-hybridized carbons (Fsp3) is 0.333. The quantitative estimate of drug-likeness (QED) is 0.373. The van der Waals surface area contributed by atoms with Crippen molar-refractivity contribution in [2.75, 3.05) is 18.6 Å². The Morgan fingerprint density at radius 1 is 1.07 bits per heavy atom. The van der Waals surface area contributed by atoms with Crippen molar-refractivity contribution >= 4 is 23.4 Å². The predicted octanol–water partition coefficient (Wildman–Crippen LogP) is 4.94. The minimum Gasteiger partial charge on any atom is -0.462 e. The molecule has 0 fully saturated rings. The topological polar surface area (TPSA) is 108 Å². The molecular weight excluding hydrogens is 392 g/mol. The molecule has 2 aromatic carbocycles. The fourth-order valence-corrected chi connectivity index (χ4v) is 2.43. The van der Waals surface area contributed by atoms with Gasteiger partial charge in [-0.1, -0.05) is 0 Å². The van der Waals surface area contributed by atoms with Gasteiger partial charge in [-0.25, -0.2) is 9.59 Å². The first kappa shape index (κ1) is 22.7. The molecule has 9 heteroatoms. The van der Waals surface area contributed by atoms with Crippen LogP contribution in [-0.2, 0) is 9.47 Å². The van der Waals surface area contributed by atoms with Gasteiger partial charge in [-0.3, -0.25) is 15.0 Å². The highest BCUT2D eigenvalue weighted by molar-refractivity contribution is 5.91. The van der Waals surface area contributed by atoms with E-state index in [1.54, 1.807) is 52.0 Å².